The molecule has 1 saturated carbocycles. The summed E-state index contributed by atoms with van der Waals surface area (Å²) in [6.07, 6.45) is 5.82. The molecule has 96 valence electrons. The van der Waals surface area contributed by atoms with Crippen molar-refractivity contribution in [1.29, 1.82) is 0 Å². The molecule has 2 nitrogen and oxygen atoms in total. The van der Waals surface area contributed by atoms with E-state index >= 15 is 0 Å². The smallest absolute Gasteiger partial charge is 0.668 e. The van der Waals surface area contributed by atoms with E-state index in [1.807, 2.05) is 7.05 Å². The minimum atomic E-state index is 0. The van der Waals surface area contributed by atoms with E-state index in [0.717, 1.165) is 18.4 Å². The van der Waals surface area contributed by atoms with Crippen LogP contribution >= 0.6 is 0 Å². The molecule has 1 fully saturated rings. The van der Waals surface area contributed by atoms with Crippen LogP contribution in [0.2, 0.25) is 0 Å². The van der Waals surface area contributed by atoms with Crippen LogP contribution in [0.1, 0.15) is 32.6 Å². The predicted octanol–water partition coefficient (Wildman–Crippen LogP) is 4.33. The van der Waals surface area contributed by atoms with E-state index in [2.05, 4.69) is 17.6 Å². The first-order valence-electron chi connectivity index (χ1n) is 5.29. The fourth-order valence-corrected chi connectivity index (χ4v) is 1.96. The molecule has 0 radical (unpaired) electrons. The van der Waals surface area contributed by atoms with Crippen LogP contribution in [0.5, 0.6) is 0 Å². The predicted molar refractivity (Wildman–Crippen MR) is 73.3 cm³/mol. The maximum absolute atomic E-state index is 4.18. The second-order valence-electron chi connectivity index (χ2n) is 3.97. The van der Waals surface area contributed by atoms with Crippen molar-refractivity contribution in [1.82, 2.24) is 0 Å². The molecule has 0 aromatic carbocycles. The molecule has 0 aromatic rings. The van der Waals surface area contributed by atoms with Crippen molar-refractivity contribution in [2.75, 3.05) is 27.7 Å². The first kappa shape index (κ1) is 25.5. The summed E-state index contributed by atoms with van der Waals surface area (Å²) in [5, 5.41) is 7.68. The zero-order chi connectivity index (χ0) is 10.1. The summed E-state index contributed by atoms with van der Waals surface area (Å²) in [6, 6.07) is 0. The van der Waals surface area contributed by atoms with Crippen molar-refractivity contribution in [3.8, 4) is 0 Å². The van der Waals surface area contributed by atoms with Gasteiger partial charge in [0.2, 0.25) is 0 Å². The van der Waals surface area contributed by atoms with Gasteiger partial charge in [-0.05, 0) is 5.92 Å². The molecule has 0 heterocycles. The fraction of sp³-hybridized carbons (Fsp3) is 0.846. The third-order valence-corrected chi connectivity index (χ3v) is 2.68. The van der Waals surface area contributed by atoms with Gasteiger partial charge in [0, 0.05) is 0 Å². The van der Waals surface area contributed by atoms with Crippen molar-refractivity contribution >= 4 is 0 Å². The fourth-order valence-electron chi connectivity index (χ4n) is 1.96. The Morgan fingerprint density at radius 3 is 1.75 bits per heavy atom. The van der Waals surface area contributed by atoms with E-state index in [9.17, 15) is 0 Å². The van der Waals surface area contributed by atoms with Crippen LogP contribution in [-0.4, -0.2) is 27.7 Å². The van der Waals surface area contributed by atoms with Crippen molar-refractivity contribution in [2.24, 2.45) is 11.8 Å². The Morgan fingerprint density at radius 2 is 1.44 bits per heavy atom. The summed E-state index contributed by atoms with van der Waals surface area (Å²) in [6.45, 7) is 3.41. The summed E-state index contributed by atoms with van der Waals surface area (Å²) < 4.78 is 0. The van der Waals surface area contributed by atoms with Crippen LogP contribution in [0.25, 0.3) is 10.6 Å². The Bertz CT molecular complexity index is 104. The van der Waals surface area contributed by atoms with Gasteiger partial charge in [0.05, 0.1) is 0 Å². The molecule has 1 rings (SSSR count). The van der Waals surface area contributed by atoms with Crippen LogP contribution in [0.3, 0.4) is 0 Å². The Balaban J connectivity index is -0.000000109. The Hall–Kier alpha value is 0.634. The van der Waals surface area contributed by atoms with Crippen LogP contribution in [-0.2, 0) is 21.7 Å². The normalized spacial score (nSPS) is 15.8. The zero-order valence-electron chi connectivity index (χ0n) is 12.1. The van der Waals surface area contributed by atoms with Gasteiger partial charge in [-0.2, -0.15) is 21.1 Å². The molecule has 0 spiro atoms. The molecule has 0 aliphatic heterocycles. The van der Waals surface area contributed by atoms with E-state index in [1.54, 1.807) is 14.1 Å². The SMILES string of the molecule is C[N-]C.C[N-]CC(C)C1CCCC1.[CH3-].[CH3-].[Ti+4]. The molecular weight excluding hydrogens is 232 g/mol. The van der Waals surface area contributed by atoms with Gasteiger partial charge in [-0.25, -0.2) is 0 Å². The molecule has 1 aliphatic carbocycles. The van der Waals surface area contributed by atoms with Gasteiger partial charge in [0.25, 0.3) is 0 Å². The molecule has 0 bridgehead atoms. The standard InChI is InChI=1S/C9H18N.C2H6N.2CH3.Ti/c1-8(7-10-2)9-5-3-4-6-9;1-3-2;;;/h8-9H,3-7H2,1-2H3;1-2H3;2*1H3;/q4*-1;+4. The first-order valence-corrected chi connectivity index (χ1v) is 5.29. The Kier molecular flexibility index (Phi) is 28.7. The average Bonchev–Trinajstić information content (AvgIpc) is 2.58. The van der Waals surface area contributed by atoms with E-state index in [-0.39, 0.29) is 36.6 Å². The molecular formula is C13H30N2Ti. The summed E-state index contributed by atoms with van der Waals surface area (Å²) in [5.41, 5.74) is 0. The average molecular weight is 262 g/mol. The zero-order valence-corrected chi connectivity index (χ0v) is 13.6. The van der Waals surface area contributed by atoms with Crippen LogP contribution in [0.15, 0.2) is 0 Å². The monoisotopic (exact) mass is 262 g/mol. The first-order chi connectivity index (χ1) is 6.26. The van der Waals surface area contributed by atoms with Gasteiger partial charge in [0.15, 0.2) is 0 Å². The molecule has 16 heavy (non-hydrogen) atoms. The van der Waals surface area contributed by atoms with E-state index in [4.69, 9.17) is 0 Å². The van der Waals surface area contributed by atoms with E-state index < -0.39 is 0 Å². The molecule has 0 amide bonds. The molecule has 1 unspecified atom stereocenters. The van der Waals surface area contributed by atoms with Gasteiger partial charge in [0.1, 0.15) is 0 Å². The molecule has 0 aromatic heterocycles. The van der Waals surface area contributed by atoms with Crippen molar-refractivity contribution in [3.05, 3.63) is 25.5 Å². The Labute approximate surface area is 119 Å². The molecule has 0 N–H and O–H groups in total. The summed E-state index contributed by atoms with van der Waals surface area (Å²) in [4.78, 5) is 0. The van der Waals surface area contributed by atoms with Gasteiger partial charge in [-0.15, -0.1) is 6.54 Å². The quantitative estimate of drug-likeness (QED) is 0.535. The van der Waals surface area contributed by atoms with Gasteiger partial charge in [-0.3, -0.25) is 0 Å². The summed E-state index contributed by atoms with van der Waals surface area (Å²) in [7, 11) is 5.42. The number of hydrogen-bond acceptors (Lipinski definition) is 0. The minimum Gasteiger partial charge on any atom is -0.668 e. The maximum Gasteiger partial charge on any atom is 4.00 e. The molecule has 3 heteroatoms. The van der Waals surface area contributed by atoms with Crippen molar-refractivity contribution in [3.63, 3.8) is 0 Å². The number of hydrogen-bond donors (Lipinski definition) is 0. The third kappa shape index (κ3) is 12.7. The van der Waals surface area contributed by atoms with Crippen molar-refractivity contribution in [2.45, 2.75) is 32.6 Å². The van der Waals surface area contributed by atoms with E-state index in [0.29, 0.717) is 0 Å². The van der Waals surface area contributed by atoms with Gasteiger partial charge in [-0.1, -0.05) is 38.5 Å². The van der Waals surface area contributed by atoms with Gasteiger partial charge < -0.3 is 25.5 Å². The third-order valence-electron chi connectivity index (χ3n) is 2.68. The second kappa shape index (κ2) is 18.0. The van der Waals surface area contributed by atoms with E-state index in [1.165, 1.54) is 25.7 Å². The molecule has 1 atom stereocenters. The Morgan fingerprint density at radius 1 is 1.06 bits per heavy atom. The maximum atomic E-state index is 4.18. The van der Waals surface area contributed by atoms with Crippen LogP contribution < -0.4 is 0 Å². The van der Waals surface area contributed by atoms with Gasteiger partial charge >= 0.3 is 21.7 Å². The molecule has 1 aliphatic rings. The summed E-state index contributed by atoms with van der Waals surface area (Å²) in [5.74, 6) is 1.83. The second-order valence-corrected chi connectivity index (χ2v) is 3.97. The number of rotatable bonds is 3. The number of nitrogens with zero attached hydrogens (tertiary/aromatic N) is 2. The van der Waals surface area contributed by atoms with Crippen LogP contribution in [0.4, 0.5) is 0 Å². The summed E-state index contributed by atoms with van der Waals surface area (Å²) >= 11 is 0. The van der Waals surface area contributed by atoms with Crippen LogP contribution in [0, 0.1) is 26.7 Å². The van der Waals surface area contributed by atoms with Crippen molar-refractivity contribution < 1.29 is 21.7 Å². The molecule has 0 saturated heterocycles. The minimum absolute atomic E-state index is 0. The topological polar surface area (TPSA) is 28.2 Å². The largest absolute Gasteiger partial charge is 4.00 e.